The van der Waals surface area contributed by atoms with Crippen LogP contribution in [-0.4, -0.2) is 110 Å². The van der Waals surface area contributed by atoms with Gasteiger partial charge in [-0.25, -0.2) is 0 Å². The van der Waals surface area contributed by atoms with Crippen molar-refractivity contribution < 1.29 is 50.0 Å². The average Bonchev–Trinajstić information content (AvgIpc) is 3.18. The Balaban J connectivity index is 2.52. The Bertz CT molecular complexity index is 992. The normalized spacial score (nSPS) is 22.8. The molecule has 0 aromatic heterocycles. The van der Waals surface area contributed by atoms with Gasteiger partial charge >= 0.3 is 0 Å². The molecule has 0 aromatic carbocycles. The number of unbranched alkanes of at least 4 members (excludes halogenated alkanes) is 17. The van der Waals surface area contributed by atoms with E-state index in [2.05, 4.69) is 55.6 Å². The summed E-state index contributed by atoms with van der Waals surface area (Å²) in [7, 11) is 0. The zero-order chi connectivity index (χ0) is 40.5. The molecule has 0 saturated carbocycles. The fourth-order valence-electron chi connectivity index (χ4n) is 6.68. The summed E-state index contributed by atoms with van der Waals surface area (Å²) in [5.41, 5.74) is 0. The van der Waals surface area contributed by atoms with Crippen LogP contribution in [0.5, 0.6) is 0 Å². The summed E-state index contributed by atoms with van der Waals surface area (Å²) >= 11 is 0. The van der Waals surface area contributed by atoms with E-state index in [4.69, 9.17) is 9.47 Å². The molecule has 1 aliphatic heterocycles. The lowest BCUT2D eigenvalue weighted by Gasteiger charge is -2.40. The highest BCUT2D eigenvalue weighted by molar-refractivity contribution is 5.80. The number of carbonyl (C=O) groups is 1. The number of aliphatic hydroxyl groups excluding tert-OH is 7. The number of amides is 1. The van der Waals surface area contributed by atoms with E-state index in [1.807, 2.05) is 0 Å². The van der Waals surface area contributed by atoms with Crippen LogP contribution in [0.15, 0.2) is 36.5 Å². The summed E-state index contributed by atoms with van der Waals surface area (Å²) in [5, 5.41) is 75.4. The van der Waals surface area contributed by atoms with Crippen molar-refractivity contribution in [3.63, 3.8) is 0 Å². The largest absolute Gasteiger partial charge is 0.394 e. The molecule has 1 heterocycles. The summed E-state index contributed by atoms with van der Waals surface area (Å²) in [6, 6.07) is -1.19. The van der Waals surface area contributed by atoms with E-state index in [0.717, 1.165) is 57.8 Å². The molecule has 0 bridgehead atoms. The van der Waals surface area contributed by atoms with E-state index in [1.165, 1.54) is 64.2 Å². The van der Waals surface area contributed by atoms with Gasteiger partial charge in [-0.1, -0.05) is 127 Å². The van der Waals surface area contributed by atoms with E-state index in [0.29, 0.717) is 19.3 Å². The fourth-order valence-corrected chi connectivity index (χ4v) is 6.68. The summed E-state index contributed by atoms with van der Waals surface area (Å²) in [6.45, 7) is 3.35. The molecular formula is C44H81NO10. The van der Waals surface area contributed by atoms with Crippen molar-refractivity contribution in [2.45, 2.75) is 223 Å². The van der Waals surface area contributed by atoms with Crippen LogP contribution in [0.3, 0.4) is 0 Å². The molecule has 1 rings (SSSR count). The van der Waals surface area contributed by atoms with Crippen LogP contribution < -0.4 is 5.32 Å². The van der Waals surface area contributed by atoms with Crippen LogP contribution in [0.1, 0.15) is 168 Å². The van der Waals surface area contributed by atoms with Gasteiger partial charge in [-0.15, -0.1) is 0 Å². The predicted molar refractivity (Wildman–Crippen MR) is 219 cm³/mol. The molecule has 1 saturated heterocycles. The van der Waals surface area contributed by atoms with Gasteiger partial charge in [-0.3, -0.25) is 4.79 Å². The Labute approximate surface area is 333 Å². The van der Waals surface area contributed by atoms with Gasteiger partial charge in [-0.2, -0.15) is 0 Å². The number of ether oxygens (including phenoxy) is 2. The number of hydrogen-bond acceptors (Lipinski definition) is 10. The molecule has 0 radical (unpaired) electrons. The fraction of sp³-hybridized carbons (Fsp3) is 0.841. The number of rotatable bonds is 35. The standard InChI is InChI=1S/C44H81NO10/c1-3-5-7-9-11-13-15-17-18-19-20-22-24-26-28-30-32-37(48)43(53)45-35(34-54-44-42(52)41(51)40(50)38(33-46)55-44)39(49)36(47)31-29-27-25-23-21-16-14-12-10-8-6-4-2/h12,14,17-18,23,25,35-42,44,46-52H,3-11,13,15-16,19-22,24,26-34H2,1-2H3,(H,45,53)/b14-12+,18-17-,25-23+. The van der Waals surface area contributed by atoms with Gasteiger partial charge in [0.15, 0.2) is 6.29 Å². The van der Waals surface area contributed by atoms with Crippen molar-refractivity contribution in [3.8, 4) is 0 Å². The van der Waals surface area contributed by atoms with Gasteiger partial charge in [0.05, 0.1) is 25.4 Å². The number of allylic oxidation sites excluding steroid dienone is 6. The lowest BCUT2D eigenvalue weighted by atomic mass is 9.98. The third-order valence-corrected chi connectivity index (χ3v) is 10.4. The molecule has 1 fully saturated rings. The van der Waals surface area contributed by atoms with E-state index < -0.39 is 74.2 Å². The van der Waals surface area contributed by atoms with Gasteiger partial charge in [0.2, 0.25) is 5.91 Å². The molecule has 0 spiro atoms. The summed E-state index contributed by atoms with van der Waals surface area (Å²) in [5.74, 6) is -0.719. The van der Waals surface area contributed by atoms with E-state index in [1.54, 1.807) is 0 Å². The molecule has 1 aliphatic rings. The summed E-state index contributed by atoms with van der Waals surface area (Å²) in [6.07, 6.45) is 26.3. The van der Waals surface area contributed by atoms with Gasteiger partial charge in [0, 0.05) is 0 Å². The van der Waals surface area contributed by atoms with Crippen molar-refractivity contribution >= 4 is 5.91 Å². The monoisotopic (exact) mass is 784 g/mol. The zero-order valence-electron chi connectivity index (χ0n) is 34.4. The molecule has 322 valence electrons. The number of hydrogen-bond donors (Lipinski definition) is 8. The maximum Gasteiger partial charge on any atom is 0.249 e. The Morgan fingerprint density at radius 3 is 1.65 bits per heavy atom. The van der Waals surface area contributed by atoms with Crippen LogP contribution in [0.4, 0.5) is 0 Å². The molecule has 9 unspecified atom stereocenters. The van der Waals surface area contributed by atoms with E-state index in [-0.39, 0.29) is 12.8 Å². The molecule has 11 heteroatoms. The van der Waals surface area contributed by atoms with Gasteiger partial charge in [0.25, 0.3) is 0 Å². The van der Waals surface area contributed by atoms with Crippen LogP contribution >= 0.6 is 0 Å². The molecule has 11 nitrogen and oxygen atoms in total. The van der Waals surface area contributed by atoms with Gasteiger partial charge < -0.3 is 50.5 Å². The Kier molecular flexibility index (Phi) is 32.1. The molecule has 0 aromatic rings. The first-order chi connectivity index (χ1) is 26.7. The summed E-state index contributed by atoms with van der Waals surface area (Å²) in [4.78, 5) is 13.0. The molecule has 8 N–H and O–H groups in total. The predicted octanol–water partition coefficient (Wildman–Crippen LogP) is 6.44. The SMILES string of the molecule is CCCCC/C=C/CC/C=C/CCCC(O)C(O)C(COC1OC(CO)C(O)C(O)C1O)NC(=O)C(O)CCCCCCCC/C=C\CCCCCCCC. The number of nitrogens with one attached hydrogen (secondary N) is 1. The molecule has 0 aliphatic carbocycles. The minimum absolute atomic E-state index is 0.243. The second-order valence-electron chi connectivity index (χ2n) is 15.4. The van der Waals surface area contributed by atoms with Crippen molar-refractivity contribution in [2.24, 2.45) is 0 Å². The number of aliphatic hydroxyl groups is 7. The van der Waals surface area contributed by atoms with Gasteiger partial charge in [0.1, 0.15) is 36.6 Å². The zero-order valence-corrected chi connectivity index (χ0v) is 34.4. The first-order valence-electron chi connectivity index (χ1n) is 21.9. The van der Waals surface area contributed by atoms with Crippen LogP contribution in [0, 0.1) is 0 Å². The Hall–Kier alpha value is -1.67. The quantitative estimate of drug-likeness (QED) is 0.0262. The third kappa shape index (κ3) is 24.7. The van der Waals surface area contributed by atoms with E-state index in [9.17, 15) is 40.5 Å². The van der Waals surface area contributed by atoms with Crippen molar-refractivity contribution in [2.75, 3.05) is 13.2 Å². The second-order valence-corrected chi connectivity index (χ2v) is 15.4. The first-order valence-corrected chi connectivity index (χ1v) is 21.9. The first kappa shape index (κ1) is 51.3. The highest BCUT2D eigenvalue weighted by atomic mass is 16.7. The number of carbonyl (C=O) groups excluding carboxylic acids is 1. The Morgan fingerprint density at radius 1 is 0.618 bits per heavy atom. The van der Waals surface area contributed by atoms with Crippen molar-refractivity contribution in [3.05, 3.63) is 36.5 Å². The van der Waals surface area contributed by atoms with Crippen molar-refractivity contribution in [1.82, 2.24) is 5.32 Å². The van der Waals surface area contributed by atoms with Crippen LogP contribution in [-0.2, 0) is 14.3 Å². The highest BCUT2D eigenvalue weighted by Crippen LogP contribution is 2.23. The molecule has 55 heavy (non-hydrogen) atoms. The van der Waals surface area contributed by atoms with Gasteiger partial charge in [-0.05, 0) is 77.0 Å². The lowest BCUT2D eigenvalue weighted by molar-refractivity contribution is -0.303. The molecular weight excluding hydrogens is 702 g/mol. The molecule has 9 atom stereocenters. The topological polar surface area (TPSA) is 189 Å². The minimum Gasteiger partial charge on any atom is -0.394 e. The second kappa shape index (κ2) is 34.4. The lowest BCUT2D eigenvalue weighted by Crippen LogP contribution is -2.60. The highest BCUT2D eigenvalue weighted by Gasteiger charge is 2.44. The van der Waals surface area contributed by atoms with Crippen LogP contribution in [0.25, 0.3) is 0 Å². The maximum atomic E-state index is 13.0. The minimum atomic E-state index is -1.67. The maximum absolute atomic E-state index is 13.0. The average molecular weight is 784 g/mol. The summed E-state index contributed by atoms with van der Waals surface area (Å²) < 4.78 is 11.0. The Morgan fingerprint density at radius 2 is 1.09 bits per heavy atom. The smallest absolute Gasteiger partial charge is 0.249 e. The molecule has 1 amide bonds. The van der Waals surface area contributed by atoms with Crippen molar-refractivity contribution in [1.29, 1.82) is 0 Å². The third-order valence-electron chi connectivity index (χ3n) is 10.4. The van der Waals surface area contributed by atoms with E-state index >= 15 is 0 Å². The van der Waals surface area contributed by atoms with Crippen LogP contribution in [0.2, 0.25) is 0 Å².